The number of hydrogen-bond acceptors (Lipinski definition) is 0. The van der Waals surface area contributed by atoms with Gasteiger partial charge in [0.25, 0.3) is 0 Å². The van der Waals surface area contributed by atoms with Gasteiger partial charge in [-0.05, 0) is 0 Å². The van der Waals surface area contributed by atoms with Gasteiger partial charge in [0.1, 0.15) is 0 Å². The van der Waals surface area contributed by atoms with E-state index in [1.165, 1.54) is 128 Å². The summed E-state index contributed by atoms with van der Waals surface area (Å²) < 4.78 is 0. The molecule has 0 N–H and O–H groups in total. The van der Waals surface area contributed by atoms with Gasteiger partial charge < -0.3 is 102 Å². The topological polar surface area (TPSA) is 0 Å². The van der Waals surface area contributed by atoms with E-state index in [9.17, 15) is 0 Å². The summed E-state index contributed by atoms with van der Waals surface area (Å²) in [5, 5.41) is 0. The fourth-order valence-corrected chi connectivity index (χ4v) is 3.54. The van der Waals surface area contributed by atoms with Crippen molar-refractivity contribution < 1.29 is 105 Å². The van der Waals surface area contributed by atoms with Crippen LogP contribution in [0.3, 0.4) is 0 Å². The van der Waals surface area contributed by atoms with Crippen molar-refractivity contribution in [3.8, 4) is 0 Å². The Balaban J connectivity index is -0.00000000961. The van der Waals surface area contributed by atoms with Crippen molar-refractivity contribution in [1.29, 1.82) is 0 Å². The summed E-state index contributed by atoms with van der Waals surface area (Å²) in [5.74, 6) is 0. The maximum atomic E-state index is 3.25. The first-order valence-corrected chi connectivity index (χ1v) is 12.8. The molecular formula is C38H90Zr4+. The molecule has 257 valence electrons. The van der Waals surface area contributed by atoms with Crippen LogP contribution in [-0.2, 0) is 105 Å². The minimum atomic E-state index is 0. The molecule has 0 atom stereocenters. The van der Waals surface area contributed by atoms with Crippen LogP contribution < -0.4 is 0 Å². The second kappa shape index (κ2) is 152. The zero-order chi connectivity index (χ0) is 22.1. The zero-order valence-electron chi connectivity index (χ0n) is 33.0. The van der Waals surface area contributed by atoms with Crippen LogP contribution in [-0.4, -0.2) is 0 Å². The molecule has 4 aliphatic carbocycles. The van der Waals surface area contributed by atoms with Crippen LogP contribution in [0.1, 0.15) is 156 Å². The molecule has 0 aromatic carbocycles. The molecule has 0 nitrogen and oxygen atoms in total. The van der Waals surface area contributed by atoms with Gasteiger partial charge in [0.2, 0.25) is 0 Å². The van der Waals surface area contributed by atoms with E-state index in [1.807, 2.05) is 0 Å². The molecule has 0 bridgehead atoms. The van der Waals surface area contributed by atoms with E-state index in [1.54, 1.807) is 27.7 Å². The molecule has 0 aliphatic heterocycles. The zero-order valence-corrected chi connectivity index (χ0v) is 42.8. The van der Waals surface area contributed by atoms with Crippen molar-refractivity contribution in [2.75, 3.05) is 0 Å². The average molecular weight is 912 g/mol. The van der Waals surface area contributed by atoms with Crippen LogP contribution in [0, 0.1) is 102 Å². The van der Waals surface area contributed by atoms with Gasteiger partial charge in [-0.1, -0.05) is 128 Å². The van der Waals surface area contributed by atoms with Crippen molar-refractivity contribution in [3.63, 3.8) is 0 Å². The molecule has 0 spiro atoms. The molecule has 0 unspecified atom stereocenters. The maximum Gasteiger partial charge on any atom is 4.00 e. The quantitative estimate of drug-likeness (QED) is 0.213. The summed E-state index contributed by atoms with van der Waals surface area (Å²) in [6.45, 7) is 20.0. The summed E-state index contributed by atoms with van der Waals surface area (Å²) in [7, 11) is 0. The standard InChI is InChI=1S/4C5H10.4C2H5.10CH3.4Zr/c4*1-2-4-5-3-1;4*1-2;;;;;;;;;;;;;;/h4*1-5H2;4*1H2,2H3;10*1H3;;;;/q;;;;14*-1;+3;3*+4. The average Bonchev–Trinajstić information content (AvgIpc) is 3.66. The summed E-state index contributed by atoms with van der Waals surface area (Å²) in [5.41, 5.74) is 0. The number of hydrogen-bond donors (Lipinski definition) is 0. The molecule has 42 heavy (non-hydrogen) atoms. The van der Waals surface area contributed by atoms with Crippen LogP contribution in [0.2, 0.25) is 0 Å². The fraction of sp³-hybridized carbons (Fsp3) is 0.632. The van der Waals surface area contributed by atoms with Gasteiger partial charge in [0.05, 0.1) is 0 Å². The SMILES string of the molecule is C1CCCC1.C1CCCC1.C1CCCC1.C1CCCC1.[CH2-]C.[CH2-]C.[CH2-]C.[CH2-]C.[CH3-].[CH3-].[CH3-].[CH3-].[CH3-].[CH3-].[CH3-].[CH3-].[CH3-].[CH3-].[Zr+3].[Zr+4].[Zr+4].[Zr+4]. The van der Waals surface area contributed by atoms with Crippen molar-refractivity contribution in [1.82, 2.24) is 0 Å². The third-order valence-corrected chi connectivity index (χ3v) is 5.00. The van der Waals surface area contributed by atoms with Gasteiger partial charge in [-0.3, -0.25) is 0 Å². The molecule has 4 rings (SSSR count). The molecule has 1 radical (unpaired) electrons. The van der Waals surface area contributed by atoms with E-state index in [0.717, 1.165) is 0 Å². The Morgan fingerprint density at radius 1 is 0.190 bits per heavy atom. The largest absolute Gasteiger partial charge is 4.00 e. The molecule has 0 heterocycles. The molecule has 4 heteroatoms. The summed E-state index contributed by atoms with van der Waals surface area (Å²) in [6.07, 6.45) is 30.0. The molecular weight excluding hydrogens is 821 g/mol. The molecule has 4 saturated carbocycles. The first-order valence-electron chi connectivity index (χ1n) is 12.8. The van der Waals surface area contributed by atoms with Gasteiger partial charge in [0, 0.05) is 0 Å². The Kier molecular flexibility index (Phi) is 432. The molecule has 0 amide bonds. The minimum Gasteiger partial charge on any atom is -0.358 e. The molecule has 0 aromatic rings. The van der Waals surface area contributed by atoms with E-state index in [4.69, 9.17) is 0 Å². The van der Waals surface area contributed by atoms with E-state index in [-0.39, 0.29) is 179 Å². The van der Waals surface area contributed by atoms with Gasteiger partial charge in [0.15, 0.2) is 0 Å². The third-order valence-electron chi connectivity index (χ3n) is 5.00. The van der Waals surface area contributed by atoms with Crippen LogP contribution >= 0.6 is 0 Å². The van der Waals surface area contributed by atoms with Gasteiger partial charge >= 0.3 is 105 Å². The van der Waals surface area contributed by atoms with Crippen molar-refractivity contribution in [2.45, 2.75) is 156 Å². The van der Waals surface area contributed by atoms with Crippen molar-refractivity contribution in [2.24, 2.45) is 0 Å². The molecule has 0 aromatic heterocycles. The summed E-state index contributed by atoms with van der Waals surface area (Å²) >= 11 is 0. The smallest absolute Gasteiger partial charge is 0.358 e. The Morgan fingerprint density at radius 2 is 0.214 bits per heavy atom. The molecule has 4 fully saturated rings. The summed E-state index contributed by atoms with van der Waals surface area (Å²) in [6, 6.07) is 0. The number of rotatable bonds is 0. The normalized spacial score (nSPS) is 12.0. The Bertz CT molecular complexity index is 105. The third kappa shape index (κ3) is 142. The van der Waals surface area contributed by atoms with E-state index < -0.39 is 0 Å². The minimum absolute atomic E-state index is 0. The van der Waals surface area contributed by atoms with Crippen LogP contribution in [0.4, 0.5) is 0 Å². The van der Waals surface area contributed by atoms with Crippen LogP contribution in [0.5, 0.6) is 0 Å². The predicted molar refractivity (Wildman–Crippen MR) is 201 cm³/mol. The molecule has 0 saturated heterocycles. The van der Waals surface area contributed by atoms with Crippen molar-refractivity contribution in [3.05, 3.63) is 102 Å². The Labute approximate surface area is 358 Å². The van der Waals surface area contributed by atoms with Crippen LogP contribution in [0.25, 0.3) is 0 Å². The summed E-state index contributed by atoms with van der Waals surface area (Å²) in [4.78, 5) is 0. The second-order valence-electron chi connectivity index (χ2n) is 7.07. The van der Waals surface area contributed by atoms with Gasteiger partial charge in [-0.15, -0.1) is 0 Å². The van der Waals surface area contributed by atoms with Gasteiger partial charge in [-0.2, -0.15) is 27.7 Å². The Hall–Kier alpha value is 3.53. The van der Waals surface area contributed by atoms with Gasteiger partial charge in [-0.25, -0.2) is 0 Å². The van der Waals surface area contributed by atoms with E-state index >= 15 is 0 Å². The molecule has 4 aliphatic rings. The van der Waals surface area contributed by atoms with E-state index in [0.29, 0.717) is 0 Å². The monoisotopic (exact) mass is 906 g/mol. The first-order chi connectivity index (χ1) is 14.0. The first kappa shape index (κ1) is 119. The second-order valence-corrected chi connectivity index (χ2v) is 7.07. The van der Waals surface area contributed by atoms with Crippen LogP contribution in [0.15, 0.2) is 0 Å². The van der Waals surface area contributed by atoms with E-state index in [2.05, 4.69) is 27.7 Å². The maximum absolute atomic E-state index is 3.25. The predicted octanol–water partition coefficient (Wildman–Crippen LogP) is 15.7. The fourth-order valence-electron chi connectivity index (χ4n) is 3.54. The van der Waals surface area contributed by atoms with Crippen molar-refractivity contribution >= 4 is 0 Å². The Morgan fingerprint density at radius 3 is 0.238 bits per heavy atom.